The maximum absolute atomic E-state index is 12.5. The molecule has 1 aliphatic rings. The third-order valence-corrected chi connectivity index (χ3v) is 5.04. The molecule has 0 aromatic heterocycles. The van der Waals surface area contributed by atoms with Gasteiger partial charge in [-0.2, -0.15) is 0 Å². The molecule has 0 saturated carbocycles. The number of para-hydroxylation sites is 1. The zero-order chi connectivity index (χ0) is 17.1. The van der Waals surface area contributed by atoms with E-state index in [4.69, 9.17) is 5.11 Å². The lowest BCUT2D eigenvalue weighted by Gasteiger charge is -2.19. The summed E-state index contributed by atoms with van der Waals surface area (Å²) in [6.45, 7) is 1.65. The summed E-state index contributed by atoms with van der Waals surface area (Å²) in [5.41, 5.74) is 1.68. The van der Waals surface area contributed by atoms with Gasteiger partial charge >= 0.3 is 5.97 Å². The number of hydrogen-bond donors (Lipinski definition) is 2. The van der Waals surface area contributed by atoms with Gasteiger partial charge < -0.3 is 15.3 Å². The van der Waals surface area contributed by atoms with Crippen LogP contribution in [0.4, 0.5) is 5.69 Å². The lowest BCUT2D eigenvalue weighted by atomic mass is 10.1. The molecule has 1 unspecified atom stereocenters. The number of aromatic carboxylic acids is 1. The Bertz CT molecular complexity index is 764. The van der Waals surface area contributed by atoms with E-state index < -0.39 is 5.97 Å². The van der Waals surface area contributed by atoms with E-state index >= 15 is 0 Å². The van der Waals surface area contributed by atoms with E-state index in [1.165, 1.54) is 12.1 Å². The summed E-state index contributed by atoms with van der Waals surface area (Å²) in [4.78, 5) is 25.8. The molecule has 6 heteroatoms. The Labute approximate surface area is 153 Å². The minimum absolute atomic E-state index is 0.0574. The summed E-state index contributed by atoms with van der Waals surface area (Å²) < 4.78 is 0.744. The monoisotopic (exact) mass is 436 g/mol. The highest BCUT2D eigenvalue weighted by atomic mass is 127. The van der Waals surface area contributed by atoms with Gasteiger partial charge in [-0.3, -0.25) is 4.79 Å². The quantitative estimate of drug-likeness (QED) is 0.724. The van der Waals surface area contributed by atoms with Crippen molar-refractivity contribution in [3.63, 3.8) is 0 Å². The molecule has 0 radical (unpaired) electrons. The molecule has 1 amide bonds. The van der Waals surface area contributed by atoms with Crippen LogP contribution in [0, 0.1) is 3.57 Å². The zero-order valence-electron chi connectivity index (χ0n) is 12.9. The van der Waals surface area contributed by atoms with Crippen LogP contribution in [0.25, 0.3) is 0 Å². The fraction of sp³-hybridized carbons (Fsp3) is 0.222. The van der Waals surface area contributed by atoms with E-state index in [0.717, 1.165) is 28.8 Å². The third-order valence-electron chi connectivity index (χ3n) is 4.10. The fourth-order valence-electron chi connectivity index (χ4n) is 2.85. The standard InChI is InChI=1S/C18H17IN2O3/c19-16-7-6-12(18(23)24)10-15(16)17(22)20-13-8-9-21(11-13)14-4-2-1-3-5-14/h1-7,10,13H,8-9,11H2,(H,20,22)(H,23,24). The Morgan fingerprint density at radius 2 is 1.92 bits per heavy atom. The predicted octanol–water partition coefficient (Wildman–Crippen LogP) is 3.00. The first-order valence-corrected chi connectivity index (χ1v) is 8.76. The van der Waals surface area contributed by atoms with Crippen LogP contribution < -0.4 is 10.2 Å². The number of hydrogen-bond acceptors (Lipinski definition) is 3. The molecule has 0 bridgehead atoms. The normalized spacial score (nSPS) is 16.9. The van der Waals surface area contributed by atoms with Crippen molar-refractivity contribution in [2.75, 3.05) is 18.0 Å². The van der Waals surface area contributed by atoms with Gasteiger partial charge in [0, 0.05) is 28.4 Å². The number of rotatable bonds is 4. The van der Waals surface area contributed by atoms with Gasteiger partial charge in [0.1, 0.15) is 0 Å². The van der Waals surface area contributed by atoms with Gasteiger partial charge in [0.15, 0.2) is 0 Å². The minimum atomic E-state index is -1.03. The second-order valence-corrected chi connectivity index (χ2v) is 6.90. The number of carbonyl (C=O) groups excluding carboxylic acids is 1. The maximum Gasteiger partial charge on any atom is 0.335 e. The van der Waals surface area contributed by atoms with Crippen LogP contribution in [0.1, 0.15) is 27.1 Å². The first-order valence-electron chi connectivity index (χ1n) is 7.68. The molecule has 124 valence electrons. The highest BCUT2D eigenvalue weighted by molar-refractivity contribution is 14.1. The molecule has 0 aliphatic carbocycles. The van der Waals surface area contributed by atoms with Crippen LogP contribution in [0.3, 0.4) is 0 Å². The Balaban J connectivity index is 1.68. The maximum atomic E-state index is 12.5. The minimum Gasteiger partial charge on any atom is -0.478 e. The van der Waals surface area contributed by atoms with Gasteiger partial charge in [0.05, 0.1) is 11.1 Å². The zero-order valence-corrected chi connectivity index (χ0v) is 15.1. The average molecular weight is 436 g/mol. The topological polar surface area (TPSA) is 69.6 Å². The fourth-order valence-corrected chi connectivity index (χ4v) is 3.43. The molecular formula is C18H17IN2O3. The molecule has 24 heavy (non-hydrogen) atoms. The van der Waals surface area contributed by atoms with Crippen molar-refractivity contribution in [3.05, 3.63) is 63.2 Å². The van der Waals surface area contributed by atoms with Crippen molar-refractivity contribution in [1.82, 2.24) is 5.32 Å². The molecule has 3 rings (SSSR count). The highest BCUT2D eigenvalue weighted by Crippen LogP contribution is 2.21. The number of benzene rings is 2. The van der Waals surface area contributed by atoms with E-state index in [1.807, 2.05) is 18.2 Å². The van der Waals surface area contributed by atoms with Crippen LogP contribution in [-0.4, -0.2) is 36.1 Å². The van der Waals surface area contributed by atoms with Crippen molar-refractivity contribution >= 4 is 40.2 Å². The van der Waals surface area contributed by atoms with E-state index in [9.17, 15) is 9.59 Å². The Morgan fingerprint density at radius 1 is 1.17 bits per heavy atom. The summed E-state index contributed by atoms with van der Waals surface area (Å²) >= 11 is 2.05. The summed E-state index contributed by atoms with van der Waals surface area (Å²) in [6.07, 6.45) is 0.871. The first-order chi connectivity index (χ1) is 11.5. The van der Waals surface area contributed by atoms with Gasteiger partial charge in [0.25, 0.3) is 5.91 Å². The smallest absolute Gasteiger partial charge is 0.335 e. The summed E-state index contributed by atoms with van der Waals surface area (Å²) in [6, 6.07) is 14.8. The molecular weight excluding hydrogens is 419 g/mol. The molecule has 2 N–H and O–H groups in total. The van der Waals surface area contributed by atoms with Crippen molar-refractivity contribution in [2.24, 2.45) is 0 Å². The molecule has 1 heterocycles. The number of amides is 1. The predicted molar refractivity (Wildman–Crippen MR) is 101 cm³/mol. The number of carboxylic acids is 1. The molecule has 1 atom stereocenters. The van der Waals surface area contributed by atoms with E-state index in [2.05, 4.69) is 44.9 Å². The summed E-state index contributed by atoms with van der Waals surface area (Å²) in [5, 5.41) is 12.1. The molecule has 1 fully saturated rings. The SMILES string of the molecule is O=C(O)c1ccc(I)c(C(=O)NC2CCN(c3ccccc3)C2)c1. The Morgan fingerprint density at radius 3 is 2.62 bits per heavy atom. The van der Waals surface area contributed by atoms with Gasteiger partial charge in [-0.05, 0) is 59.3 Å². The van der Waals surface area contributed by atoms with Crippen LogP contribution in [0.2, 0.25) is 0 Å². The van der Waals surface area contributed by atoms with E-state index in [1.54, 1.807) is 6.07 Å². The first kappa shape index (κ1) is 16.8. The van der Waals surface area contributed by atoms with Gasteiger partial charge in [-0.15, -0.1) is 0 Å². The van der Waals surface area contributed by atoms with Gasteiger partial charge in [-0.25, -0.2) is 4.79 Å². The van der Waals surface area contributed by atoms with E-state index in [-0.39, 0.29) is 17.5 Å². The largest absolute Gasteiger partial charge is 0.478 e. The second-order valence-electron chi connectivity index (χ2n) is 5.74. The van der Waals surface area contributed by atoms with Crippen molar-refractivity contribution in [1.29, 1.82) is 0 Å². The molecule has 1 aliphatic heterocycles. The van der Waals surface area contributed by atoms with Crippen LogP contribution in [0.5, 0.6) is 0 Å². The number of carboxylic acid groups (broad SMARTS) is 1. The van der Waals surface area contributed by atoms with Gasteiger partial charge in [0.2, 0.25) is 0 Å². The molecule has 1 saturated heterocycles. The number of carbonyl (C=O) groups is 2. The number of halogens is 1. The van der Waals surface area contributed by atoms with E-state index in [0.29, 0.717) is 5.56 Å². The summed E-state index contributed by atoms with van der Waals surface area (Å²) in [5.74, 6) is -1.25. The molecule has 0 spiro atoms. The van der Waals surface area contributed by atoms with Gasteiger partial charge in [-0.1, -0.05) is 18.2 Å². The average Bonchev–Trinajstić information content (AvgIpc) is 3.04. The number of nitrogens with zero attached hydrogens (tertiary/aromatic N) is 1. The Kier molecular flexibility index (Phi) is 5.03. The Hall–Kier alpha value is -2.09. The lowest BCUT2D eigenvalue weighted by Crippen LogP contribution is -2.37. The second kappa shape index (κ2) is 7.21. The number of nitrogens with one attached hydrogen (secondary N) is 1. The van der Waals surface area contributed by atoms with Crippen LogP contribution in [-0.2, 0) is 0 Å². The third kappa shape index (κ3) is 3.69. The van der Waals surface area contributed by atoms with Crippen molar-refractivity contribution in [2.45, 2.75) is 12.5 Å². The molecule has 2 aromatic carbocycles. The molecule has 5 nitrogen and oxygen atoms in total. The molecule has 2 aromatic rings. The van der Waals surface area contributed by atoms with Crippen molar-refractivity contribution in [3.8, 4) is 0 Å². The highest BCUT2D eigenvalue weighted by Gasteiger charge is 2.25. The summed E-state index contributed by atoms with van der Waals surface area (Å²) in [7, 11) is 0. The number of anilines is 1. The van der Waals surface area contributed by atoms with Crippen molar-refractivity contribution < 1.29 is 14.7 Å². The van der Waals surface area contributed by atoms with Crippen LogP contribution >= 0.6 is 22.6 Å². The lowest BCUT2D eigenvalue weighted by molar-refractivity contribution is 0.0697. The van der Waals surface area contributed by atoms with Crippen LogP contribution in [0.15, 0.2) is 48.5 Å².